The van der Waals surface area contributed by atoms with Crippen molar-refractivity contribution in [1.82, 2.24) is 14.7 Å². The number of hydrogen-bond acceptors (Lipinski definition) is 3. The van der Waals surface area contributed by atoms with Gasteiger partial charge in [0, 0.05) is 29.9 Å². The number of rotatable bonds is 1. The van der Waals surface area contributed by atoms with Crippen LogP contribution in [0.1, 0.15) is 50.9 Å². The van der Waals surface area contributed by atoms with Crippen LogP contribution in [-0.4, -0.2) is 32.8 Å². The average Bonchev–Trinajstić information content (AvgIpc) is 2.59. The maximum Gasteiger partial charge on any atom is 0.0541 e. The second-order valence-corrected chi connectivity index (χ2v) is 6.42. The molecule has 0 amide bonds. The van der Waals surface area contributed by atoms with Crippen LogP contribution in [0.5, 0.6) is 0 Å². The molecule has 2 N–H and O–H groups in total. The van der Waals surface area contributed by atoms with Crippen LogP contribution < -0.4 is 5.73 Å². The molecule has 1 aliphatic rings. The van der Waals surface area contributed by atoms with Gasteiger partial charge < -0.3 is 5.73 Å². The molecule has 1 aromatic rings. The molecule has 2 heterocycles. The first kappa shape index (κ1) is 13.6. The molecule has 1 aliphatic heterocycles. The third kappa shape index (κ3) is 2.31. The fraction of sp³-hybridized carbons (Fsp3) is 0.786. The highest BCUT2D eigenvalue weighted by Crippen LogP contribution is 2.36. The van der Waals surface area contributed by atoms with Crippen LogP contribution in [0.15, 0.2) is 6.20 Å². The molecule has 2 atom stereocenters. The summed E-state index contributed by atoms with van der Waals surface area (Å²) in [5.41, 5.74) is 9.06. The third-order valence-corrected chi connectivity index (χ3v) is 4.13. The monoisotopic (exact) mass is 250 g/mol. The molecule has 4 heteroatoms. The lowest BCUT2D eigenvalue weighted by Gasteiger charge is -2.47. The van der Waals surface area contributed by atoms with E-state index in [1.54, 1.807) is 0 Å². The minimum atomic E-state index is 0.144. The standard InChI is InChI=1S/C14H26N4/c1-10-11(9-16-17(10)5)13-12(15)7-6-8-18(13)14(2,3)4/h9,12-13H,6-8,15H2,1-5H3. The largest absolute Gasteiger partial charge is 0.326 e. The molecule has 2 rings (SSSR count). The predicted molar refractivity (Wildman–Crippen MR) is 74.4 cm³/mol. The summed E-state index contributed by atoms with van der Waals surface area (Å²) >= 11 is 0. The molecule has 4 nitrogen and oxygen atoms in total. The minimum absolute atomic E-state index is 0.144. The Balaban J connectivity index is 2.39. The number of aromatic nitrogens is 2. The van der Waals surface area contributed by atoms with Crippen molar-refractivity contribution in [2.45, 2.75) is 58.2 Å². The Morgan fingerprint density at radius 2 is 2.06 bits per heavy atom. The molecule has 1 saturated heterocycles. The van der Waals surface area contributed by atoms with Crippen molar-refractivity contribution in [3.05, 3.63) is 17.5 Å². The maximum atomic E-state index is 6.40. The Morgan fingerprint density at radius 1 is 1.39 bits per heavy atom. The highest BCUT2D eigenvalue weighted by molar-refractivity contribution is 5.24. The van der Waals surface area contributed by atoms with E-state index < -0.39 is 0 Å². The minimum Gasteiger partial charge on any atom is -0.326 e. The van der Waals surface area contributed by atoms with Crippen LogP contribution in [0.3, 0.4) is 0 Å². The fourth-order valence-electron chi connectivity index (χ4n) is 2.98. The first-order valence-corrected chi connectivity index (χ1v) is 6.83. The van der Waals surface area contributed by atoms with Crippen molar-refractivity contribution in [3.8, 4) is 0 Å². The Kier molecular flexibility index (Phi) is 3.52. The van der Waals surface area contributed by atoms with E-state index in [0.717, 1.165) is 13.0 Å². The fourth-order valence-corrected chi connectivity index (χ4v) is 2.98. The maximum absolute atomic E-state index is 6.40. The van der Waals surface area contributed by atoms with E-state index in [4.69, 9.17) is 5.73 Å². The van der Waals surface area contributed by atoms with Crippen molar-refractivity contribution >= 4 is 0 Å². The highest BCUT2D eigenvalue weighted by Gasteiger charge is 2.37. The number of nitrogens with zero attached hydrogens (tertiary/aromatic N) is 3. The summed E-state index contributed by atoms with van der Waals surface area (Å²) < 4.78 is 1.94. The van der Waals surface area contributed by atoms with Crippen LogP contribution in [0, 0.1) is 6.92 Å². The Morgan fingerprint density at radius 3 is 2.56 bits per heavy atom. The molecular weight excluding hydrogens is 224 g/mol. The molecule has 0 bridgehead atoms. The van der Waals surface area contributed by atoms with Gasteiger partial charge >= 0.3 is 0 Å². The van der Waals surface area contributed by atoms with Crippen molar-refractivity contribution in [2.24, 2.45) is 12.8 Å². The zero-order valence-corrected chi connectivity index (χ0v) is 12.3. The van der Waals surface area contributed by atoms with Crippen molar-refractivity contribution in [2.75, 3.05) is 6.54 Å². The first-order valence-electron chi connectivity index (χ1n) is 6.83. The number of piperidine rings is 1. The summed E-state index contributed by atoms with van der Waals surface area (Å²) in [5, 5.41) is 4.38. The molecule has 0 aliphatic carbocycles. The van der Waals surface area contributed by atoms with Gasteiger partial charge in [-0.25, -0.2) is 0 Å². The average molecular weight is 250 g/mol. The summed E-state index contributed by atoms with van der Waals surface area (Å²) in [6, 6.07) is 0.508. The van der Waals surface area contributed by atoms with Gasteiger partial charge in [-0.2, -0.15) is 5.10 Å². The molecular formula is C14H26N4. The van der Waals surface area contributed by atoms with E-state index in [-0.39, 0.29) is 11.6 Å². The summed E-state index contributed by atoms with van der Waals surface area (Å²) in [6.45, 7) is 10.1. The first-order chi connectivity index (χ1) is 8.32. The molecule has 102 valence electrons. The van der Waals surface area contributed by atoms with E-state index in [0.29, 0.717) is 6.04 Å². The van der Waals surface area contributed by atoms with Gasteiger partial charge in [-0.3, -0.25) is 9.58 Å². The van der Waals surface area contributed by atoms with Gasteiger partial charge in [0.2, 0.25) is 0 Å². The van der Waals surface area contributed by atoms with Crippen LogP contribution in [0.4, 0.5) is 0 Å². The lowest BCUT2D eigenvalue weighted by molar-refractivity contribution is 0.0381. The lowest BCUT2D eigenvalue weighted by atomic mass is 9.87. The van der Waals surface area contributed by atoms with Crippen molar-refractivity contribution in [1.29, 1.82) is 0 Å². The van der Waals surface area contributed by atoms with Gasteiger partial charge in [0.15, 0.2) is 0 Å². The second kappa shape index (κ2) is 4.67. The normalized spacial score (nSPS) is 26.6. The molecule has 1 aromatic heterocycles. The Bertz CT molecular complexity index is 416. The van der Waals surface area contributed by atoms with Crippen molar-refractivity contribution in [3.63, 3.8) is 0 Å². The van der Waals surface area contributed by atoms with Crippen molar-refractivity contribution < 1.29 is 0 Å². The summed E-state index contributed by atoms with van der Waals surface area (Å²) in [6.07, 6.45) is 4.28. The molecule has 0 aromatic carbocycles. The predicted octanol–water partition coefficient (Wildman–Crippen LogP) is 1.99. The van der Waals surface area contributed by atoms with Gasteiger partial charge in [-0.05, 0) is 47.1 Å². The molecule has 0 radical (unpaired) electrons. The number of likely N-dealkylation sites (tertiary alicyclic amines) is 1. The van der Waals surface area contributed by atoms with Crippen LogP contribution in [0.2, 0.25) is 0 Å². The quantitative estimate of drug-likeness (QED) is 0.829. The van der Waals surface area contributed by atoms with Crippen LogP contribution >= 0.6 is 0 Å². The van der Waals surface area contributed by atoms with Gasteiger partial charge in [0.05, 0.1) is 12.2 Å². The second-order valence-electron chi connectivity index (χ2n) is 6.42. The smallest absolute Gasteiger partial charge is 0.0541 e. The van der Waals surface area contributed by atoms with Gasteiger partial charge in [-0.15, -0.1) is 0 Å². The summed E-state index contributed by atoms with van der Waals surface area (Å²) in [5.74, 6) is 0. The molecule has 0 saturated carbocycles. The van der Waals surface area contributed by atoms with E-state index in [9.17, 15) is 0 Å². The molecule has 1 fully saturated rings. The number of hydrogen-bond donors (Lipinski definition) is 1. The zero-order valence-electron chi connectivity index (χ0n) is 12.3. The summed E-state index contributed by atoms with van der Waals surface area (Å²) in [4.78, 5) is 2.53. The van der Waals surface area contributed by atoms with Crippen LogP contribution in [-0.2, 0) is 7.05 Å². The zero-order chi connectivity index (χ0) is 13.5. The van der Waals surface area contributed by atoms with Gasteiger partial charge in [-0.1, -0.05) is 0 Å². The van der Waals surface area contributed by atoms with E-state index in [1.165, 1.54) is 17.7 Å². The highest BCUT2D eigenvalue weighted by atomic mass is 15.3. The molecule has 2 unspecified atom stereocenters. The van der Waals surface area contributed by atoms with E-state index in [1.807, 2.05) is 17.9 Å². The molecule has 18 heavy (non-hydrogen) atoms. The summed E-state index contributed by atoms with van der Waals surface area (Å²) in [7, 11) is 1.99. The SMILES string of the molecule is Cc1c(C2C(N)CCCN2C(C)(C)C)cnn1C. The van der Waals surface area contributed by atoms with E-state index >= 15 is 0 Å². The third-order valence-electron chi connectivity index (χ3n) is 4.13. The van der Waals surface area contributed by atoms with Gasteiger partial charge in [0.1, 0.15) is 0 Å². The van der Waals surface area contributed by atoms with Crippen LogP contribution in [0.25, 0.3) is 0 Å². The van der Waals surface area contributed by atoms with Gasteiger partial charge in [0.25, 0.3) is 0 Å². The Labute approximate surface area is 110 Å². The topological polar surface area (TPSA) is 47.1 Å². The number of nitrogens with two attached hydrogens (primary N) is 1. The Hall–Kier alpha value is -0.870. The number of aryl methyl sites for hydroxylation is 1. The molecule has 0 spiro atoms. The lowest BCUT2D eigenvalue weighted by Crippen LogP contribution is -2.53. The van der Waals surface area contributed by atoms with E-state index in [2.05, 4.69) is 37.7 Å².